The molecule has 0 radical (unpaired) electrons. The van der Waals surface area contributed by atoms with Crippen molar-refractivity contribution in [2.24, 2.45) is 0 Å². The minimum absolute atomic E-state index is 0.00696. The number of nitrogens with one attached hydrogen (secondary N) is 1. The summed E-state index contributed by atoms with van der Waals surface area (Å²) in [4.78, 5) is 11.8. The number of para-hydroxylation sites is 2. The predicted molar refractivity (Wildman–Crippen MR) is 86.4 cm³/mol. The van der Waals surface area contributed by atoms with E-state index in [9.17, 15) is 4.79 Å². The third-order valence-electron chi connectivity index (χ3n) is 3.24. The Labute approximate surface area is 131 Å². The summed E-state index contributed by atoms with van der Waals surface area (Å²) < 4.78 is 10.8. The highest BCUT2D eigenvalue weighted by molar-refractivity contribution is 5.78. The molecule has 0 heterocycles. The average molecular weight is 299 g/mol. The fourth-order valence-electron chi connectivity index (χ4n) is 2.04. The van der Waals surface area contributed by atoms with Gasteiger partial charge in [-0.1, -0.05) is 42.0 Å². The van der Waals surface area contributed by atoms with Crippen molar-refractivity contribution in [2.45, 2.75) is 13.3 Å². The van der Waals surface area contributed by atoms with Gasteiger partial charge < -0.3 is 14.8 Å². The lowest BCUT2D eigenvalue weighted by Crippen LogP contribution is -2.29. The number of benzene rings is 2. The maximum Gasteiger partial charge on any atom is 0.224 e. The van der Waals surface area contributed by atoms with Gasteiger partial charge in [-0.2, -0.15) is 0 Å². The van der Waals surface area contributed by atoms with E-state index in [4.69, 9.17) is 9.47 Å². The molecule has 0 aliphatic carbocycles. The van der Waals surface area contributed by atoms with Crippen molar-refractivity contribution in [2.75, 3.05) is 20.3 Å². The smallest absolute Gasteiger partial charge is 0.224 e. The molecule has 116 valence electrons. The van der Waals surface area contributed by atoms with Gasteiger partial charge in [0.2, 0.25) is 5.91 Å². The molecule has 22 heavy (non-hydrogen) atoms. The zero-order valence-electron chi connectivity index (χ0n) is 13.0. The number of rotatable bonds is 7. The standard InChI is InChI=1S/C18H21NO3/c1-14-7-9-15(10-8-14)13-18(20)19-11-12-22-17-6-4-3-5-16(17)21-2/h3-10H,11-13H2,1-2H3,(H,19,20). The third kappa shape index (κ3) is 4.81. The van der Waals surface area contributed by atoms with Crippen LogP contribution < -0.4 is 14.8 Å². The first-order valence-electron chi connectivity index (χ1n) is 7.27. The second kappa shape index (κ2) is 8.08. The Kier molecular flexibility index (Phi) is 5.83. The zero-order chi connectivity index (χ0) is 15.8. The van der Waals surface area contributed by atoms with Gasteiger partial charge in [0.25, 0.3) is 0 Å². The van der Waals surface area contributed by atoms with Crippen LogP contribution in [0.3, 0.4) is 0 Å². The van der Waals surface area contributed by atoms with Crippen molar-refractivity contribution in [1.82, 2.24) is 5.32 Å². The molecule has 2 aromatic carbocycles. The highest BCUT2D eigenvalue weighted by atomic mass is 16.5. The first kappa shape index (κ1) is 15.9. The Hall–Kier alpha value is -2.49. The number of amides is 1. The molecule has 0 saturated carbocycles. The van der Waals surface area contributed by atoms with Crippen molar-refractivity contribution >= 4 is 5.91 Å². The van der Waals surface area contributed by atoms with Gasteiger partial charge in [0.1, 0.15) is 6.61 Å². The summed E-state index contributed by atoms with van der Waals surface area (Å²) in [5.74, 6) is 1.36. The Morgan fingerprint density at radius 1 is 1.05 bits per heavy atom. The van der Waals surface area contributed by atoms with E-state index in [2.05, 4.69) is 5.32 Å². The van der Waals surface area contributed by atoms with E-state index < -0.39 is 0 Å². The lowest BCUT2D eigenvalue weighted by molar-refractivity contribution is -0.120. The second-order valence-corrected chi connectivity index (χ2v) is 5.01. The molecule has 4 nitrogen and oxygen atoms in total. The second-order valence-electron chi connectivity index (χ2n) is 5.01. The van der Waals surface area contributed by atoms with Crippen LogP contribution in [0.2, 0.25) is 0 Å². The van der Waals surface area contributed by atoms with Crippen LogP contribution in [0.25, 0.3) is 0 Å². The lowest BCUT2D eigenvalue weighted by Gasteiger charge is -2.11. The Balaban J connectivity index is 1.72. The van der Waals surface area contributed by atoms with Crippen LogP contribution in [0.15, 0.2) is 48.5 Å². The molecule has 0 saturated heterocycles. The van der Waals surface area contributed by atoms with Gasteiger partial charge in [0, 0.05) is 0 Å². The predicted octanol–water partition coefficient (Wildman–Crippen LogP) is 2.74. The largest absolute Gasteiger partial charge is 0.493 e. The van der Waals surface area contributed by atoms with E-state index in [-0.39, 0.29) is 5.91 Å². The number of ether oxygens (including phenoxy) is 2. The average Bonchev–Trinajstić information content (AvgIpc) is 2.54. The van der Waals surface area contributed by atoms with Crippen molar-refractivity contribution < 1.29 is 14.3 Å². The van der Waals surface area contributed by atoms with Crippen molar-refractivity contribution in [3.63, 3.8) is 0 Å². The van der Waals surface area contributed by atoms with Crippen LogP contribution in [0.4, 0.5) is 0 Å². The normalized spacial score (nSPS) is 10.1. The molecule has 1 N–H and O–H groups in total. The van der Waals surface area contributed by atoms with E-state index in [1.807, 2.05) is 55.5 Å². The van der Waals surface area contributed by atoms with Gasteiger partial charge in [-0.05, 0) is 24.6 Å². The van der Waals surface area contributed by atoms with Gasteiger partial charge >= 0.3 is 0 Å². The number of methoxy groups -OCH3 is 1. The minimum atomic E-state index is -0.00696. The third-order valence-corrected chi connectivity index (χ3v) is 3.24. The fourth-order valence-corrected chi connectivity index (χ4v) is 2.04. The molecule has 0 unspecified atom stereocenters. The van der Waals surface area contributed by atoms with E-state index in [1.54, 1.807) is 7.11 Å². The van der Waals surface area contributed by atoms with Crippen molar-refractivity contribution in [3.8, 4) is 11.5 Å². The van der Waals surface area contributed by atoms with Crippen molar-refractivity contribution in [1.29, 1.82) is 0 Å². The van der Waals surface area contributed by atoms with Crippen LogP contribution in [-0.4, -0.2) is 26.2 Å². The first-order chi connectivity index (χ1) is 10.7. The van der Waals surface area contributed by atoms with Gasteiger partial charge in [-0.25, -0.2) is 0 Å². The van der Waals surface area contributed by atoms with E-state index >= 15 is 0 Å². The van der Waals surface area contributed by atoms with Gasteiger partial charge in [-0.15, -0.1) is 0 Å². The number of aryl methyl sites for hydroxylation is 1. The molecule has 0 aliphatic rings. The summed E-state index contributed by atoms with van der Waals surface area (Å²) in [6, 6.07) is 15.4. The molecular formula is C18H21NO3. The topological polar surface area (TPSA) is 47.6 Å². The fraction of sp³-hybridized carbons (Fsp3) is 0.278. The van der Waals surface area contributed by atoms with Crippen LogP contribution >= 0.6 is 0 Å². The van der Waals surface area contributed by atoms with E-state index in [0.717, 1.165) is 5.56 Å². The highest BCUT2D eigenvalue weighted by Crippen LogP contribution is 2.25. The summed E-state index contributed by atoms with van der Waals surface area (Å²) in [7, 11) is 1.60. The van der Waals surface area contributed by atoms with Crippen LogP contribution in [0, 0.1) is 6.92 Å². The Bertz CT molecular complexity index is 608. The molecule has 0 atom stereocenters. The summed E-state index contributed by atoms with van der Waals surface area (Å²) in [6.45, 7) is 2.89. The molecule has 2 rings (SSSR count). The minimum Gasteiger partial charge on any atom is -0.493 e. The zero-order valence-corrected chi connectivity index (χ0v) is 13.0. The Morgan fingerprint density at radius 3 is 2.41 bits per heavy atom. The first-order valence-corrected chi connectivity index (χ1v) is 7.27. The SMILES string of the molecule is COc1ccccc1OCCNC(=O)Cc1ccc(C)cc1. The van der Waals surface area contributed by atoms with Gasteiger partial charge in [0.15, 0.2) is 11.5 Å². The maximum atomic E-state index is 11.8. The molecule has 0 aliphatic heterocycles. The van der Waals surface area contributed by atoms with Gasteiger partial charge in [0.05, 0.1) is 20.1 Å². The number of hydrogen-bond donors (Lipinski definition) is 1. The highest BCUT2D eigenvalue weighted by Gasteiger charge is 2.04. The number of carbonyl (C=O) groups is 1. The molecule has 4 heteroatoms. The molecule has 2 aromatic rings. The van der Waals surface area contributed by atoms with E-state index in [0.29, 0.717) is 31.1 Å². The van der Waals surface area contributed by atoms with Gasteiger partial charge in [-0.3, -0.25) is 4.79 Å². The molecule has 0 spiro atoms. The quantitative estimate of drug-likeness (QED) is 0.800. The maximum absolute atomic E-state index is 11.8. The monoisotopic (exact) mass is 299 g/mol. The summed E-state index contributed by atoms with van der Waals surface area (Å²) in [5, 5.41) is 2.85. The summed E-state index contributed by atoms with van der Waals surface area (Å²) >= 11 is 0. The molecule has 0 fully saturated rings. The summed E-state index contributed by atoms with van der Waals surface area (Å²) in [5.41, 5.74) is 2.20. The Morgan fingerprint density at radius 2 is 1.73 bits per heavy atom. The number of carbonyl (C=O) groups excluding carboxylic acids is 1. The number of hydrogen-bond acceptors (Lipinski definition) is 3. The molecular weight excluding hydrogens is 278 g/mol. The molecule has 1 amide bonds. The van der Waals surface area contributed by atoms with E-state index in [1.165, 1.54) is 5.56 Å². The van der Waals surface area contributed by atoms with Crippen LogP contribution in [-0.2, 0) is 11.2 Å². The lowest BCUT2D eigenvalue weighted by atomic mass is 10.1. The van der Waals surface area contributed by atoms with Crippen LogP contribution in [0.5, 0.6) is 11.5 Å². The van der Waals surface area contributed by atoms with Crippen molar-refractivity contribution in [3.05, 3.63) is 59.7 Å². The van der Waals surface area contributed by atoms with Crippen LogP contribution in [0.1, 0.15) is 11.1 Å². The molecule has 0 bridgehead atoms. The summed E-state index contributed by atoms with van der Waals surface area (Å²) in [6.07, 6.45) is 0.384. The molecule has 0 aromatic heterocycles.